The van der Waals surface area contributed by atoms with Crippen molar-refractivity contribution >= 4 is 23.0 Å². The monoisotopic (exact) mass is 277 g/mol. The molecule has 2 aromatic rings. The predicted molar refractivity (Wildman–Crippen MR) is 77.3 cm³/mol. The van der Waals surface area contributed by atoms with E-state index >= 15 is 0 Å². The van der Waals surface area contributed by atoms with E-state index < -0.39 is 0 Å². The molecule has 5 nitrogen and oxygen atoms in total. The van der Waals surface area contributed by atoms with E-state index in [1.807, 2.05) is 31.2 Å². The van der Waals surface area contributed by atoms with Gasteiger partial charge in [0.1, 0.15) is 17.2 Å². The first-order valence-electron chi connectivity index (χ1n) is 5.78. The summed E-state index contributed by atoms with van der Waals surface area (Å²) < 4.78 is 10.6. The van der Waals surface area contributed by atoms with Crippen LogP contribution in [0.5, 0.6) is 5.88 Å². The second-order valence-corrected chi connectivity index (χ2v) is 4.29. The van der Waals surface area contributed by atoms with Gasteiger partial charge < -0.3 is 19.8 Å². The number of anilines is 1. The summed E-state index contributed by atoms with van der Waals surface area (Å²) >= 11 is 5.20. The predicted octanol–water partition coefficient (Wildman–Crippen LogP) is 2.48. The van der Waals surface area contributed by atoms with Crippen LogP contribution in [0.4, 0.5) is 5.69 Å². The molecule has 0 fully saturated rings. The molecule has 0 saturated heterocycles. The van der Waals surface area contributed by atoms with Crippen molar-refractivity contribution < 1.29 is 9.15 Å². The van der Waals surface area contributed by atoms with Crippen molar-refractivity contribution in [1.29, 1.82) is 0 Å². The molecule has 2 heterocycles. The highest BCUT2D eigenvalue weighted by atomic mass is 32.1. The quantitative estimate of drug-likeness (QED) is 0.837. The molecule has 0 radical (unpaired) electrons. The van der Waals surface area contributed by atoms with Gasteiger partial charge in [-0.15, -0.1) is 0 Å². The SMILES string of the molecule is COc1ncccc1NC(=S)NCc1ccc(C)o1. The van der Waals surface area contributed by atoms with E-state index in [-0.39, 0.29) is 0 Å². The van der Waals surface area contributed by atoms with Crippen LogP contribution in [0.15, 0.2) is 34.9 Å². The smallest absolute Gasteiger partial charge is 0.237 e. The van der Waals surface area contributed by atoms with Gasteiger partial charge in [-0.1, -0.05) is 0 Å². The third-order valence-electron chi connectivity index (χ3n) is 2.43. The molecule has 0 saturated carbocycles. The molecule has 0 aromatic carbocycles. The van der Waals surface area contributed by atoms with Crippen LogP contribution in [0, 0.1) is 6.92 Å². The fraction of sp³-hybridized carbons (Fsp3) is 0.231. The summed E-state index contributed by atoms with van der Waals surface area (Å²) in [5.41, 5.74) is 0.720. The number of aryl methyl sites for hydroxylation is 1. The maximum atomic E-state index is 5.44. The first kappa shape index (κ1) is 13.4. The highest BCUT2D eigenvalue weighted by molar-refractivity contribution is 7.80. The normalized spacial score (nSPS) is 10.0. The molecule has 0 spiro atoms. The zero-order valence-corrected chi connectivity index (χ0v) is 11.6. The number of methoxy groups -OCH3 is 1. The Morgan fingerprint density at radius 2 is 2.26 bits per heavy atom. The number of ether oxygens (including phenoxy) is 1. The molecule has 100 valence electrons. The summed E-state index contributed by atoms with van der Waals surface area (Å²) in [5, 5.41) is 6.57. The lowest BCUT2D eigenvalue weighted by Crippen LogP contribution is -2.28. The molecule has 19 heavy (non-hydrogen) atoms. The molecule has 2 rings (SSSR count). The Labute approximate surface area is 117 Å². The number of furan rings is 1. The number of rotatable bonds is 4. The molecule has 0 amide bonds. The highest BCUT2D eigenvalue weighted by Gasteiger charge is 2.05. The molecule has 0 aliphatic rings. The van der Waals surface area contributed by atoms with Gasteiger partial charge >= 0.3 is 0 Å². The van der Waals surface area contributed by atoms with E-state index in [4.69, 9.17) is 21.4 Å². The second-order valence-electron chi connectivity index (χ2n) is 3.88. The van der Waals surface area contributed by atoms with Crippen molar-refractivity contribution in [3.8, 4) is 5.88 Å². The topological polar surface area (TPSA) is 59.3 Å². The Morgan fingerprint density at radius 3 is 2.95 bits per heavy atom. The number of nitrogens with one attached hydrogen (secondary N) is 2. The molecule has 0 aliphatic carbocycles. The van der Waals surface area contributed by atoms with Gasteiger partial charge in [0, 0.05) is 6.20 Å². The lowest BCUT2D eigenvalue weighted by Gasteiger charge is -2.11. The van der Waals surface area contributed by atoms with E-state index in [1.165, 1.54) is 0 Å². The van der Waals surface area contributed by atoms with Crippen molar-refractivity contribution in [3.63, 3.8) is 0 Å². The Kier molecular flexibility index (Phi) is 4.35. The van der Waals surface area contributed by atoms with Gasteiger partial charge in [-0.3, -0.25) is 0 Å². The molecular formula is C13H15N3O2S. The maximum absolute atomic E-state index is 5.44. The highest BCUT2D eigenvalue weighted by Crippen LogP contribution is 2.19. The molecule has 2 aromatic heterocycles. The summed E-state index contributed by atoms with van der Waals surface area (Å²) in [5.74, 6) is 2.21. The van der Waals surface area contributed by atoms with Crippen LogP contribution in [0.2, 0.25) is 0 Å². The minimum absolute atomic E-state index is 0.486. The average Bonchev–Trinajstić information content (AvgIpc) is 2.83. The molecular weight excluding hydrogens is 262 g/mol. The van der Waals surface area contributed by atoms with Crippen LogP contribution in [0.3, 0.4) is 0 Å². The zero-order chi connectivity index (χ0) is 13.7. The van der Waals surface area contributed by atoms with Crippen LogP contribution in [-0.2, 0) is 6.54 Å². The number of hydrogen-bond donors (Lipinski definition) is 2. The second kappa shape index (κ2) is 6.19. The van der Waals surface area contributed by atoms with Gasteiger partial charge in [0.2, 0.25) is 5.88 Å². The Balaban J connectivity index is 1.90. The van der Waals surface area contributed by atoms with Crippen LogP contribution in [0.25, 0.3) is 0 Å². The fourth-order valence-corrected chi connectivity index (χ4v) is 1.74. The number of hydrogen-bond acceptors (Lipinski definition) is 4. The first-order valence-corrected chi connectivity index (χ1v) is 6.19. The minimum Gasteiger partial charge on any atom is -0.480 e. The third-order valence-corrected chi connectivity index (χ3v) is 2.68. The van der Waals surface area contributed by atoms with Gasteiger partial charge in [-0.05, 0) is 43.4 Å². The molecule has 6 heteroatoms. The van der Waals surface area contributed by atoms with Gasteiger partial charge in [-0.25, -0.2) is 4.98 Å². The third kappa shape index (κ3) is 3.69. The molecule has 0 atom stereocenters. The Morgan fingerprint density at radius 1 is 1.42 bits per heavy atom. The number of aromatic nitrogens is 1. The van der Waals surface area contributed by atoms with E-state index in [0.717, 1.165) is 17.2 Å². The van der Waals surface area contributed by atoms with E-state index in [1.54, 1.807) is 13.3 Å². The summed E-state index contributed by atoms with van der Waals surface area (Å²) in [6.07, 6.45) is 1.66. The lowest BCUT2D eigenvalue weighted by atomic mass is 10.4. The standard InChI is InChI=1S/C13H15N3O2S/c1-9-5-6-10(18-9)8-15-13(19)16-11-4-3-7-14-12(11)17-2/h3-7H,8H2,1-2H3,(H2,15,16,19). The van der Waals surface area contributed by atoms with Gasteiger partial charge in [0.15, 0.2) is 5.11 Å². The largest absolute Gasteiger partial charge is 0.480 e. The number of thiocarbonyl (C=S) groups is 1. The van der Waals surface area contributed by atoms with Gasteiger partial charge in [-0.2, -0.15) is 0 Å². The van der Waals surface area contributed by atoms with Crippen LogP contribution in [-0.4, -0.2) is 17.2 Å². The lowest BCUT2D eigenvalue weighted by molar-refractivity contribution is 0.400. The summed E-state index contributed by atoms with van der Waals surface area (Å²) in [6, 6.07) is 7.48. The van der Waals surface area contributed by atoms with E-state index in [0.29, 0.717) is 17.5 Å². The van der Waals surface area contributed by atoms with Crippen molar-refractivity contribution in [2.24, 2.45) is 0 Å². The molecule has 0 bridgehead atoms. The van der Waals surface area contributed by atoms with Gasteiger partial charge in [0.25, 0.3) is 0 Å². The first-order chi connectivity index (χ1) is 9.19. The van der Waals surface area contributed by atoms with Crippen molar-refractivity contribution in [2.75, 3.05) is 12.4 Å². The Bertz CT molecular complexity index is 569. The van der Waals surface area contributed by atoms with Crippen molar-refractivity contribution in [3.05, 3.63) is 42.0 Å². The minimum atomic E-state index is 0.486. The summed E-state index contributed by atoms with van der Waals surface area (Å²) in [4.78, 5) is 4.08. The van der Waals surface area contributed by atoms with Crippen LogP contribution >= 0.6 is 12.2 Å². The van der Waals surface area contributed by atoms with E-state index in [9.17, 15) is 0 Å². The molecule has 2 N–H and O–H groups in total. The zero-order valence-electron chi connectivity index (χ0n) is 10.8. The summed E-state index contributed by atoms with van der Waals surface area (Å²) in [6.45, 7) is 2.43. The number of nitrogens with zero attached hydrogens (tertiary/aromatic N) is 1. The summed E-state index contributed by atoms with van der Waals surface area (Å²) in [7, 11) is 1.57. The molecule has 0 unspecified atom stereocenters. The Hall–Kier alpha value is -2.08. The number of pyridine rings is 1. The van der Waals surface area contributed by atoms with Crippen LogP contribution in [0.1, 0.15) is 11.5 Å². The van der Waals surface area contributed by atoms with Gasteiger partial charge in [0.05, 0.1) is 13.7 Å². The van der Waals surface area contributed by atoms with Crippen molar-refractivity contribution in [1.82, 2.24) is 10.3 Å². The fourth-order valence-electron chi connectivity index (χ4n) is 1.56. The van der Waals surface area contributed by atoms with Crippen molar-refractivity contribution in [2.45, 2.75) is 13.5 Å². The van der Waals surface area contributed by atoms with E-state index in [2.05, 4.69) is 15.6 Å². The maximum Gasteiger partial charge on any atom is 0.237 e. The van der Waals surface area contributed by atoms with Crippen LogP contribution < -0.4 is 15.4 Å². The average molecular weight is 277 g/mol. The molecule has 0 aliphatic heterocycles.